The number of amides is 1. The number of thiophene rings is 1. The first-order valence-corrected chi connectivity index (χ1v) is 13.3. The second kappa shape index (κ2) is 11.7. The quantitative estimate of drug-likeness (QED) is 0.221. The van der Waals surface area contributed by atoms with E-state index in [9.17, 15) is 4.79 Å². The number of aromatic nitrogens is 3. The topological polar surface area (TPSA) is 82.2 Å². The van der Waals surface area contributed by atoms with Crippen LogP contribution >= 0.6 is 23.1 Å². The molecular weight excluding hydrogens is 492 g/mol. The molecule has 182 valence electrons. The molecule has 0 unspecified atom stereocenters. The van der Waals surface area contributed by atoms with Crippen molar-refractivity contribution in [2.24, 2.45) is 0 Å². The van der Waals surface area contributed by atoms with E-state index in [-0.39, 0.29) is 11.7 Å². The molecular formula is C27H24N4O3S2. The summed E-state index contributed by atoms with van der Waals surface area (Å²) in [7, 11) is 0. The van der Waals surface area contributed by atoms with Crippen LogP contribution in [0, 0.1) is 0 Å². The summed E-state index contributed by atoms with van der Waals surface area (Å²) in [5.74, 6) is 2.48. The van der Waals surface area contributed by atoms with Gasteiger partial charge in [0, 0.05) is 17.0 Å². The van der Waals surface area contributed by atoms with Crippen molar-refractivity contribution in [1.29, 1.82) is 0 Å². The van der Waals surface area contributed by atoms with Crippen molar-refractivity contribution in [3.05, 3.63) is 113 Å². The summed E-state index contributed by atoms with van der Waals surface area (Å²) < 4.78 is 13.4. The second-order valence-corrected chi connectivity index (χ2v) is 9.93. The minimum atomic E-state index is -0.120. The number of nitrogens with one attached hydrogen (secondary N) is 1. The predicted octanol–water partition coefficient (Wildman–Crippen LogP) is 5.88. The number of hydrogen-bond acceptors (Lipinski definition) is 7. The van der Waals surface area contributed by atoms with Gasteiger partial charge in [-0.15, -0.1) is 21.5 Å². The summed E-state index contributed by atoms with van der Waals surface area (Å²) in [6, 6.07) is 25.2. The molecule has 3 aromatic heterocycles. The van der Waals surface area contributed by atoms with Crippen LogP contribution in [0.2, 0.25) is 0 Å². The van der Waals surface area contributed by atoms with Crippen LogP contribution in [0.3, 0.4) is 0 Å². The third-order valence-corrected chi connectivity index (χ3v) is 7.16. The highest BCUT2D eigenvalue weighted by atomic mass is 32.2. The average Bonchev–Trinajstić information content (AvgIpc) is 3.68. The number of rotatable bonds is 11. The van der Waals surface area contributed by atoms with E-state index in [1.165, 1.54) is 16.6 Å². The van der Waals surface area contributed by atoms with Gasteiger partial charge in [-0.2, -0.15) is 0 Å². The number of thioether (sulfide) groups is 1. The number of furan rings is 1. The van der Waals surface area contributed by atoms with Crippen LogP contribution in [-0.4, -0.2) is 26.4 Å². The van der Waals surface area contributed by atoms with Crippen LogP contribution in [0.5, 0.6) is 5.75 Å². The monoisotopic (exact) mass is 516 g/mol. The lowest BCUT2D eigenvalue weighted by atomic mass is 10.2. The Bertz CT molecular complexity index is 1370. The highest BCUT2D eigenvalue weighted by Crippen LogP contribution is 2.23. The molecule has 0 aliphatic carbocycles. The summed E-state index contributed by atoms with van der Waals surface area (Å²) >= 11 is 3.03. The lowest BCUT2D eigenvalue weighted by Gasteiger charge is -2.10. The molecule has 0 spiro atoms. The lowest BCUT2D eigenvalue weighted by molar-refractivity contribution is -0.113. The van der Waals surface area contributed by atoms with Crippen molar-refractivity contribution < 1.29 is 13.9 Å². The van der Waals surface area contributed by atoms with Crippen molar-refractivity contribution in [2.75, 3.05) is 11.1 Å². The Hall–Kier alpha value is -3.82. The first-order chi connectivity index (χ1) is 17.7. The number of hydrogen-bond donors (Lipinski definition) is 1. The van der Waals surface area contributed by atoms with Gasteiger partial charge < -0.3 is 14.5 Å². The molecule has 9 heteroatoms. The van der Waals surface area contributed by atoms with Gasteiger partial charge in [-0.1, -0.05) is 48.2 Å². The van der Waals surface area contributed by atoms with E-state index >= 15 is 0 Å². The zero-order chi connectivity index (χ0) is 24.6. The molecule has 5 aromatic rings. The lowest BCUT2D eigenvalue weighted by Crippen LogP contribution is -2.15. The fourth-order valence-electron chi connectivity index (χ4n) is 3.55. The SMILES string of the molecule is O=C(CSc1nnc(Cc2cccs2)n1Cc1ccco1)Nc1ccc(OCc2ccccc2)cc1. The van der Waals surface area contributed by atoms with Crippen LogP contribution in [0.15, 0.2) is 100 Å². The van der Waals surface area contributed by atoms with E-state index in [0.717, 1.165) is 22.9 Å². The smallest absolute Gasteiger partial charge is 0.234 e. The molecule has 0 radical (unpaired) electrons. The average molecular weight is 517 g/mol. The Morgan fingerprint density at radius 1 is 1.00 bits per heavy atom. The first kappa shape index (κ1) is 23.9. The molecule has 7 nitrogen and oxygen atoms in total. The van der Waals surface area contributed by atoms with E-state index in [1.54, 1.807) is 17.6 Å². The molecule has 0 saturated heterocycles. The first-order valence-electron chi connectivity index (χ1n) is 11.4. The van der Waals surface area contributed by atoms with Crippen LogP contribution in [0.1, 0.15) is 22.0 Å². The van der Waals surface area contributed by atoms with Crippen LogP contribution < -0.4 is 10.1 Å². The van der Waals surface area contributed by atoms with Crippen LogP contribution in [0.4, 0.5) is 5.69 Å². The van der Waals surface area contributed by atoms with Crippen molar-refractivity contribution in [2.45, 2.75) is 24.7 Å². The number of carbonyl (C=O) groups is 1. The molecule has 5 rings (SSSR count). The maximum absolute atomic E-state index is 12.6. The van der Waals surface area contributed by atoms with Crippen LogP contribution in [0.25, 0.3) is 0 Å². The fraction of sp³-hybridized carbons (Fsp3) is 0.148. The van der Waals surface area contributed by atoms with Gasteiger partial charge >= 0.3 is 0 Å². The third kappa shape index (κ3) is 6.44. The summed E-state index contributed by atoms with van der Waals surface area (Å²) in [6.45, 7) is 1.01. The number of nitrogens with zero attached hydrogens (tertiary/aromatic N) is 3. The Morgan fingerprint density at radius 2 is 1.86 bits per heavy atom. The van der Waals surface area contributed by atoms with E-state index < -0.39 is 0 Å². The van der Waals surface area contributed by atoms with Gasteiger partial charge in [0.2, 0.25) is 5.91 Å². The van der Waals surface area contributed by atoms with Crippen molar-refractivity contribution in [3.8, 4) is 5.75 Å². The molecule has 0 atom stereocenters. The van der Waals surface area contributed by atoms with Crippen molar-refractivity contribution >= 4 is 34.7 Å². The number of ether oxygens (including phenoxy) is 1. The standard InChI is InChI=1S/C27H24N4O3S2/c32-26(28-21-10-12-22(13-11-21)34-18-20-6-2-1-3-7-20)19-36-27-30-29-25(16-24-9-5-15-35-24)31(27)17-23-8-4-14-33-23/h1-15H,16-19H2,(H,28,32). The van der Waals surface area contributed by atoms with Gasteiger partial charge in [0.15, 0.2) is 5.16 Å². The van der Waals surface area contributed by atoms with Crippen molar-refractivity contribution in [1.82, 2.24) is 14.8 Å². The third-order valence-electron chi connectivity index (χ3n) is 5.32. The van der Waals surface area contributed by atoms with Crippen LogP contribution in [-0.2, 0) is 24.4 Å². The van der Waals surface area contributed by atoms with Gasteiger partial charge in [-0.25, -0.2) is 0 Å². The zero-order valence-electron chi connectivity index (χ0n) is 19.4. The Balaban J connectivity index is 1.17. The molecule has 36 heavy (non-hydrogen) atoms. The van der Waals surface area contributed by atoms with E-state index in [2.05, 4.69) is 21.6 Å². The van der Waals surface area contributed by atoms with Gasteiger partial charge in [0.05, 0.1) is 18.6 Å². The fourth-order valence-corrected chi connectivity index (χ4v) is 5.00. The highest BCUT2D eigenvalue weighted by Gasteiger charge is 2.16. The van der Waals surface area contributed by atoms with Gasteiger partial charge in [-0.3, -0.25) is 9.36 Å². The Labute approximate surface area is 217 Å². The summed E-state index contributed by atoms with van der Waals surface area (Å²) in [6.07, 6.45) is 2.33. The van der Waals surface area contributed by atoms with Gasteiger partial charge in [0.25, 0.3) is 0 Å². The number of anilines is 1. The summed E-state index contributed by atoms with van der Waals surface area (Å²) in [4.78, 5) is 13.8. The molecule has 1 amide bonds. The Morgan fingerprint density at radius 3 is 2.61 bits per heavy atom. The molecule has 0 fully saturated rings. The van der Waals surface area contributed by atoms with E-state index in [4.69, 9.17) is 9.15 Å². The molecule has 2 aromatic carbocycles. The van der Waals surface area contributed by atoms with Gasteiger partial charge in [-0.05, 0) is 53.4 Å². The molecule has 0 aliphatic heterocycles. The number of carbonyl (C=O) groups excluding carboxylic acids is 1. The second-order valence-electron chi connectivity index (χ2n) is 7.96. The largest absolute Gasteiger partial charge is 0.489 e. The zero-order valence-corrected chi connectivity index (χ0v) is 21.0. The molecule has 3 heterocycles. The summed E-state index contributed by atoms with van der Waals surface area (Å²) in [5, 5.41) is 14.4. The summed E-state index contributed by atoms with van der Waals surface area (Å²) in [5.41, 5.74) is 1.81. The maximum Gasteiger partial charge on any atom is 0.234 e. The molecule has 0 aliphatic rings. The predicted molar refractivity (Wildman–Crippen MR) is 142 cm³/mol. The van der Waals surface area contributed by atoms with E-state index in [1.807, 2.05) is 82.7 Å². The minimum Gasteiger partial charge on any atom is -0.489 e. The highest BCUT2D eigenvalue weighted by molar-refractivity contribution is 7.99. The van der Waals surface area contributed by atoms with Crippen molar-refractivity contribution in [3.63, 3.8) is 0 Å². The Kier molecular flexibility index (Phi) is 7.80. The van der Waals surface area contributed by atoms with Gasteiger partial charge in [0.1, 0.15) is 23.9 Å². The molecule has 1 N–H and O–H groups in total. The minimum absolute atomic E-state index is 0.120. The van der Waals surface area contributed by atoms with E-state index in [0.29, 0.717) is 30.4 Å². The normalized spacial score (nSPS) is 10.9. The number of benzene rings is 2. The molecule has 0 saturated carbocycles. The maximum atomic E-state index is 12.6. The molecule has 0 bridgehead atoms.